The highest BCUT2D eigenvalue weighted by atomic mass is 35.5. The molecule has 0 amide bonds. The van der Waals surface area contributed by atoms with Gasteiger partial charge in [0.25, 0.3) is 0 Å². The highest BCUT2D eigenvalue weighted by Gasteiger charge is 2.09. The van der Waals surface area contributed by atoms with Crippen molar-refractivity contribution in [3.8, 4) is 12.1 Å². The first-order valence-electron chi connectivity index (χ1n) is 4.31. The quantitative estimate of drug-likeness (QED) is 0.744. The second-order valence-electron chi connectivity index (χ2n) is 2.87. The van der Waals surface area contributed by atoms with E-state index in [-0.39, 0.29) is 6.42 Å². The number of hydrogen-bond donors (Lipinski definition) is 0. The maximum Gasteiger partial charge on any atom is 0.101 e. The fraction of sp³-hybridized carbons (Fsp3) is 0.273. The van der Waals surface area contributed by atoms with Gasteiger partial charge < -0.3 is 0 Å². The van der Waals surface area contributed by atoms with Crippen molar-refractivity contribution in [2.45, 2.75) is 19.8 Å². The normalized spacial score (nSPS) is 9.14. The number of halogens is 1. The fourth-order valence-electron chi connectivity index (χ4n) is 1.30. The molecule has 0 unspecified atom stereocenters. The minimum absolute atomic E-state index is 0.248. The molecule has 0 aliphatic rings. The number of aryl methyl sites for hydroxylation is 1. The van der Waals surface area contributed by atoms with Gasteiger partial charge in [-0.05, 0) is 17.5 Å². The van der Waals surface area contributed by atoms with Crippen LogP contribution < -0.4 is 0 Å². The van der Waals surface area contributed by atoms with E-state index in [9.17, 15) is 0 Å². The molecular weight excluding hydrogens is 196 g/mol. The Bertz CT molecular complexity index is 424. The predicted molar refractivity (Wildman–Crippen MR) is 54.9 cm³/mol. The topological polar surface area (TPSA) is 47.6 Å². The lowest BCUT2D eigenvalue weighted by molar-refractivity contribution is 1.11. The zero-order chi connectivity index (χ0) is 10.6. The molecule has 3 heteroatoms. The van der Waals surface area contributed by atoms with Crippen LogP contribution in [0, 0.1) is 22.7 Å². The Hall–Kier alpha value is -1.51. The van der Waals surface area contributed by atoms with Crippen LogP contribution in [0.2, 0.25) is 5.02 Å². The van der Waals surface area contributed by atoms with Crippen LogP contribution >= 0.6 is 11.6 Å². The SMILES string of the molecule is CCc1ccc(CC#N)c(Cl)c1C#N. The van der Waals surface area contributed by atoms with Gasteiger partial charge in [-0.1, -0.05) is 30.7 Å². The first kappa shape index (κ1) is 10.6. The Balaban J connectivity index is 3.31. The summed E-state index contributed by atoms with van der Waals surface area (Å²) < 4.78 is 0. The highest BCUT2D eigenvalue weighted by Crippen LogP contribution is 2.24. The highest BCUT2D eigenvalue weighted by molar-refractivity contribution is 6.32. The summed E-state index contributed by atoms with van der Waals surface area (Å²) in [7, 11) is 0. The minimum Gasteiger partial charge on any atom is -0.198 e. The van der Waals surface area contributed by atoms with E-state index in [1.807, 2.05) is 25.1 Å². The fourth-order valence-corrected chi connectivity index (χ4v) is 1.59. The van der Waals surface area contributed by atoms with Gasteiger partial charge in [0.15, 0.2) is 0 Å². The second kappa shape index (κ2) is 4.65. The molecule has 0 aliphatic carbocycles. The van der Waals surface area contributed by atoms with Crippen LogP contribution in [-0.4, -0.2) is 0 Å². The van der Waals surface area contributed by atoms with Crippen molar-refractivity contribution in [1.82, 2.24) is 0 Å². The van der Waals surface area contributed by atoms with Crippen molar-refractivity contribution in [1.29, 1.82) is 10.5 Å². The third-order valence-corrected chi connectivity index (χ3v) is 2.50. The van der Waals surface area contributed by atoms with Gasteiger partial charge in [-0.3, -0.25) is 0 Å². The Kier molecular flexibility index (Phi) is 3.51. The molecule has 0 bridgehead atoms. The number of rotatable bonds is 2. The summed E-state index contributed by atoms with van der Waals surface area (Å²) in [4.78, 5) is 0. The zero-order valence-corrected chi connectivity index (χ0v) is 8.60. The summed E-state index contributed by atoms with van der Waals surface area (Å²) >= 11 is 6.00. The standard InChI is InChI=1S/C11H9ClN2/c1-2-8-3-4-9(5-6-13)11(12)10(8)7-14/h3-4H,2,5H2,1H3. The molecule has 2 nitrogen and oxygen atoms in total. The Morgan fingerprint density at radius 3 is 2.43 bits per heavy atom. The molecule has 0 atom stereocenters. The average Bonchev–Trinajstić information content (AvgIpc) is 2.21. The molecular formula is C11H9ClN2. The van der Waals surface area contributed by atoms with E-state index < -0.39 is 0 Å². The van der Waals surface area contributed by atoms with Crippen molar-refractivity contribution in [2.75, 3.05) is 0 Å². The summed E-state index contributed by atoms with van der Waals surface area (Å²) in [6.07, 6.45) is 1.02. The molecule has 70 valence electrons. The monoisotopic (exact) mass is 204 g/mol. The van der Waals surface area contributed by atoms with E-state index in [0.717, 1.165) is 17.5 Å². The van der Waals surface area contributed by atoms with E-state index in [1.165, 1.54) is 0 Å². The van der Waals surface area contributed by atoms with Gasteiger partial charge in [-0.15, -0.1) is 0 Å². The maximum absolute atomic E-state index is 8.91. The van der Waals surface area contributed by atoms with Gasteiger partial charge in [-0.2, -0.15) is 10.5 Å². The lowest BCUT2D eigenvalue weighted by atomic mass is 10.0. The molecule has 0 heterocycles. The average molecular weight is 205 g/mol. The second-order valence-corrected chi connectivity index (χ2v) is 3.25. The van der Waals surface area contributed by atoms with E-state index >= 15 is 0 Å². The molecule has 1 aromatic rings. The number of benzene rings is 1. The van der Waals surface area contributed by atoms with Gasteiger partial charge in [0.05, 0.1) is 23.1 Å². The van der Waals surface area contributed by atoms with Gasteiger partial charge in [0.2, 0.25) is 0 Å². The maximum atomic E-state index is 8.91. The minimum atomic E-state index is 0.248. The van der Waals surface area contributed by atoms with Crippen molar-refractivity contribution in [2.24, 2.45) is 0 Å². The summed E-state index contributed by atoms with van der Waals surface area (Å²) in [5, 5.41) is 17.9. The van der Waals surface area contributed by atoms with E-state index in [4.69, 9.17) is 22.1 Å². The van der Waals surface area contributed by atoms with E-state index in [1.54, 1.807) is 0 Å². The molecule has 1 aromatic carbocycles. The van der Waals surface area contributed by atoms with Crippen LogP contribution in [0.25, 0.3) is 0 Å². The summed E-state index contributed by atoms with van der Waals surface area (Å²) in [5.74, 6) is 0. The molecule has 0 N–H and O–H groups in total. The van der Waals surface area contributed by atoms with Crippen LogP contribution in [-0.2, 0) is 12.8 Å². The van der Waals surface area contributed by atoms with Crippen LogP contribution in [0.1, 0.15) is 23.6 Å². The molecule has 0 aliphatic heterocycles. The Morgan fingerprint density at radius 1 is 1.29 bits per heavy atom. The summed E-state index contributed by atoms with van der Waals surface area (Å²) in [6.45, 7) is 1.97. The Labute approximate surface area is 88.3 Å². The first-order valence-corrected chi connectivity index (χ1v) is 4.69. The molecule has 0 radical (unpaired) electrons. The molecule has 0 aromatic heterocycles. The predicted octanol–water partition coefficient (Wildman–Crippen LogP) is 2.84. The van der Waals surface area contributed by atoms with Gasteiger partial charge in [0.1, 0.15) is 6.07 Å². The molecule has 0 saturated carbocycles. The zero-order valence-electron chi connectivity index (χ0n) is 7.84. The van der Waals surface area contributed by atoms with Crippen molar-refractivity contribution >= 4 is 11.6 Å². The van der Waals surface area contributed by atoms with Crippen molar-refractivity contribution < 1.29 is 0 Å². The molecule has 0 fully saturated rings. The smallest absolute Gasteiger partial charge is 0.101 e. The lowest BCUT2D eigenvalue weighted by Crippen LogP contribution is -1.93. The third-order valence-electron chi connectivity index (χ3n) is 2.07. The lowest BCUT2D eigenvalue weighted by Gasteiger charge is -2.05. The molecule has 0 spiro atoms. The number of nitrogens with zero attached hydrogens (tertiary/aromatic N) is 2. The van der Waals surface area contributed by atoms with Crippen LogP contribution in [0.15, 0.2) is 12.1 Å². The van der Waals surface area contributed by atoms with Crippen molar-refractivity contribution in [3.05, 3.63) is 33.8 Å². The van der Waals surface area contributed by atoms with Gasteiger partial charge >= 0.3 is 0 Å². The van der Waals surface area contributed by atoms with Crippen molar-refractivity contribution in [3.63, 3.8) is 0 Å². The van der Waals surface area contributed by atoms with E-state index in [2.05, 4.69) is 6.07 Å². The molecule has 0 saturated heterocycles. The summed E-state index contributed by atoms with van der Waals surface area (Å²) in [6, 6.07) is 7.76. The number of nitriles is 2. The number of hydrogen-bond acceptors (Lipinski definition) is 2. The van der Waals surface area contributed by atoms with Gasteiger partial charge in [-0.25, -0.2) is 0 Å². The Morgan fingerprint density at radius 2 is 1.93 bits per heavy atom. The molecule has 14 heavy (non-hydrogen) atoms. The molecule has 1 rings (SSSR count). The van der Waals surface area contributed by atoms with Crippen LogP contribution in [0.5, 0.6) is 0 Å². The first-order chi connectivity index (χ1) is 6.74. The largest absolute Gasteiger partial charge is 0.198 e. The van der Waals surface area contributed by atoms with Crippen LogP contribution in [0.3, 0.4) is 0 Å². The van der Waals surface area contributed by atoms with Gasteiger partial charge in [0, 0.05) is 0 Å². The third kappa shape index (κ3) is 1.87. The summed E-state index contributed by atoms with van der Waals surface area (Å²) in [5.41, 5.74) is 2.16. The van der Waals surface area contributed by atoms with Crippen LogP contribution in [0.4, 0.5) is 0 Å². The van der Waals surface area contributed by atoms with E-state index in [0.29, 0.717) is 10.6 Å².